The van der Waals surface area contributed by atoms with Gasteiger partial charge >= 0.3 is 6.01 Å². The minimum Gasteiger partial charge on any atom is -0.406 e. The van der Waals surface area contributed by atoms with Gasteiger partial charge in [0, 0.05) is 24.2 Å². The Hall–Kier alpha value is -1.58. The highest BCUT2D eigenvalue weighted by Gasteiger charge is 2.13. The van der Waals surface area contributed by atoms with E-state index in [-0.39, 0.29) is 16.2 Å². The van der Waals surface area contributed by atoms with Gasteiger partial charge in [-0.2, -0.15) is 0 Å². The zero-order valence-corrected chi connectivity index (χ0v) is 12.7. The van der Waals surface area contributed by atoms with Gasteiger partial charge in [-0.3, -0.25) is 0 Å². The zero-order chi connectivity index (χ0) is 15.2. The molecular weight excluding hydrogens is 350 g/mol. The van der Waals surface area contributed by atoms with Gasteiger partial charge in [0.2, 0.25) is 5.89 Å². The maximum atomic E-state index is 13.6. The predicted octanol–water partition coefficient (Wildman–Crippen LogP) is 2.59. The number of hydrogen-bond acceptors (Lipinski definition) is 6. The topological polar surface area (TPSA) is 72.2 Å². The lowest BCUT2D eigenvalue weighted by molar-refractivity contribution is 0.198. The molecule has 0 saturated carbocycles. The summed E-state index contributed by atoms with van der Waals surface area (Å²) in [5, 5.41) is 13.2. The molecule has 1 heterocycles. The molecule has 0 atom stereocenters. The molecular formula is C12H13BrF2N4O2. The number of methoxy groups -OCH3 is 1. The Kier molecular flexibility index (Phi) is 5.59. The van der Waals surface area contributed by atoms with E-state index in [0.29, 0.717) is 25.6 Å². The Morgan fingerprint density at radius 3 is 2.86 bits per heavy atom. The van der Waals surface area contributed by atoms with E-state index in [1.165, 1.54) is 0 Å². The summed E-state index contributed by atoms with van der Waals surface area (Å²) < 4.78 is 37.0. The minimum absolute atomic E-state index is 0.0183. The maximum Gasteiger partial charge on any atom is 0.320 e. The highest BCUT2D eigenvalue weighted by molar-refractivity contribution is 9.10. The van der Waals surface area contributed by atoms with E-state index in [1.807, 2.05) is 0 Å². The van der Waals surface area contributed by atoms with Crippen LogP contribution in [0, 0.1) is 11.6 Å². The molecule has 0 fully saturated rings. The van der Waals surface area contributed by atoms with Crippen LogP contribution < -0.4 is 10.6 Å². The van der Waals surface area contributed by atoms with Gasteiger partial charge in [-0.25, -0.2) is 8.78 Å². The molecule has 2 aromatic rings. The average Bonchev–Trinajstić information content (AvgIpc) is 2.87. The molecule has 0 spiro atoms. The molecule has 0 unspecified atom stereocenters. The standard InChI is InChI=1S/C12H13BrF2N4O2/c1-20-3-2-16-6-10-18-19-12(21-10)17-11-8(13)4-7(14)5-9(11)15/h4-5,16H,2-3,6H2,1H3,(H,17,19). The van der Waals surface area contributed by atoms with Gasteiger partial charge in [0.1, 0.15) is 5.82 Å². The van der Waals surface area contributed by atoms with Crippen molar-refractivity contribution >= 4 is 27.6 Å². The number of rotatable bonds is 7. The molecule has 0 aliphatic rings. The van der Waals surface area contributed by atoms with Crippen molar-refractivity contribution in [2.75, 3.05) is 25.6 Å². The second kappa shape index (κ2) is 7.43. The number of benzene rings is 1. The summed E-state index contributed by atoms with van der Waals surface area (Å²) >= 11 is 3.06. The molecule has 9 heteroatoms. The summed E-state index contributed by atoms with van der Waals surface area (Å²) in [6.07, 6.45) is 0. The van der Waals surface area contributed by atoms with Gasteiger partial charge in [-0.05, 0) is 22.0 Å². The van der Waals surface area contributed by atoms with Crippen LogP contribution in [0.15, 0.2) is 21.0 Å². The molecule has 0 saturated heterocycles. The molecule has 0 aliphatic carbocycles. The SMILES string of the molecule is COCCNCc1nnc(Nc2c(F)cc(F)cc2Br)o1. The summed E-state index contributed by atoms with van der Waals surface area (Å²) in [6, 6.07) is 1.91. The lowest BCUT2D eigenvalue weighted by Crippen LogP contribution is -2.18. The third-order valence-electron chi connectivity index (χ3n) is 2.46. The van der Waals surface area contributed by atoms with Crippen LogP contribution in [0.3, 0.4) is 0 Å². The van der Waals surface area contributed by atoms with Crippen LogP contribution in [0.1, 0.15) is 5.89 Å². The smallest absolute Gasteiger partial charge is 0.320 e. The molecule has 21 heavy (non-hydrogen) atoms. The number of aromatic nitrogens is 2. The van der Waals surface area contributed by atoms with Gasteiger partial charge < -0.3 is 19.8 Å². The summed E-state index contributed by atoms with van der Waals surface area (Å²) in [5.41, 5.74) is 0.0268. The number of halogens is 3. The van der Waals surface area contributed by atoms with E-state index in [2.05, 4.69) is 36.8 Å². The second-order valence-corrected chi connectivity index (χ2v) is 4.89. The average molecular weight is 363 g/mol. The Morgan fingerprint density at radius 2 is 2.14 bits per heavy atom. The van der Waals surface area contributed by atoms with Crippen LogP contribution in [0.5, 0.6) is 0 Å². The first kappa shape index (κ1) is 15.8. The molecule has 0 radical (unpaired) electrons. The highest BCUT2D eigenvalue weighted by atomic mass is 79.9. The normalized spacial score (nSPS) is 10.9. The second-order valence-electron chi connectivity index (χ2n) is 4.04. The molecule has 114 valence electrons. The summed E-state index contributed by atoms with van der Waals surface area (Å²) in [5.74, 6) is -1.11. The Labute approximate surface area is 128 Å². The van der Waals surface area contributed by atoms with Crippen molar-refractivity contribution in [2.45, 2.75) is 6.54 Å². The van der Waals surface area contributed by atoms with E-state index in [0.717, 1.165) is 12.1 Å². The van der Waals surface area contributed by atoms with E-state index in [1.54, 1.807) is 7.11 Å². The number of nitrogens with one attached hydrogen (secondary N) is 2. The Morgan fingerprint density at radius 1 is 1.33 bits per heavy atom. The largest absolute Gasteiger partial charge is 0.406 e. The van der Waals surface area contributed by atoms with Crippen LogP contribution in [0.2, 0.25) is 0 Å². The first-order valence-corrected chi connectivity index (χ1v) is 6.83. The third-order valence-corrected chi connectivity index (χ3v) is 3.09. The molecule has 2 N–H and O–H groups in total. The summed E-state index contributed by atoms with van der Waals surface area (Å²) in [4.78, 5) is 0. The molecule has 0 amide bonds. The van der Waals surface area contributed by atoms with Gasteiger partial charge in [-0.15, -0.1) is 5.10 Å². The lowest BCUT2D eigenvalue weighted by atomic mass is 10.3. The van der Waals surface area contributed by atoms with Crippen molar-refractivity contribution in [2.24, 2.45) is 0 Å². The Bertz CT molecular complexity index is 586. The number of nitrogens with zero attached hydrogens (tertiary/aromatic N) is 2. The van der Waals surface area contributed by atoms with Gasteiger partial charge in [0.25, 0.3) is 0 Å². The lowest BCUT2D eigenvalue weighted by Gasteiger charge is -2.05. The molecule has 0 aliphatic heterocycles. The van der Waals surface area contributed by atoms with E-state index < -0.39 is 11.6 Å². The first-order valence-electron chi connectivity index (χ1n) is 6.03. The molecule has 0 bridgehead atoms. The Balaban J connectivity index is 1.99. The third kappa shape index (κ3) is 4.45. The van der Waals surface area contributed by atoms with E-state index in [9.17, 15) is 8.78 Å². The van der Waals surface area contributed by atoms with Crippen molar-refractivity contribution < 1.29 is 17.9 Å². The first-order chi connectivity index (χ1) is 10.1. The number of anilines is 2. The fraction of sp³-hybridized carbons (Fsp3) is 0.333. The van der Waals surface area contributed by atoms with Crippen molar-refractivity contribution in [3.8, 4) is 0 Å². The van der Waals surface area contributed by atoms with Crippen molar-refractivity contribution in [1.82, 2.24) is 15.5 Å². The van der Waals surface area contributed by atoms with Crippen LogP contribution in [-0.4, -0.2) is 30.5 Å². The molecule has 1 aromatic carbocycles. The fourth-order valence-electron chi connectivity index (χ4n) is 1.51. The molecule has 2 rings (SSSR count). The minimum atomic E-state index is -0.764. The number of ether oxygens (including phenoxy) is 1. The monoisotopic (exact) mass is 362 g/mol. The molecule has 6 nitrogen and oxygen atoms in total. The number of hydrogen-bond donors (Lipinski definition) is 2. The maximum absolute atomic E-state index is 13.6. The van der Waals surface area contributed by atoms with Crippen molar-refractivity contribution in [1.29, 1.82) is 0 Å². The summed E-state index contributed by atoms with van der Waals surface area (Å²) in [6.45, 7) is 1.57. The predicted molar refractivity (Wildman–Crippen MR) is 75.2 cm³/mol. The van der Waals surface area contributed by atoms with Crippen LogP contribution in [-0.2, 0) is 11.3 Å². The van der Waals surface area contributed by atoms with Crippen LogP contribution >= 0.6 is 15.9 Å². The summed E-state index contributed by atoms with van der Waals surface area (Å²) in [7, 11) is 1.60. The van der Waals surface area contributed by atoms with Gasteiger partial charge in [0.15, 0.2) is 5.82 Å². The van der Waals surface area contributed by atoms with Crippen molar-refractivity contribution in [3.05, 3.63) is 34.1 Å². The quantitative estimate of drug-likeness (QED) is 0.737. The van der Waals surface area contributed by atoms with Gasteiger partial charge in [-0.1, -0.05) is 5.10 Å². The van der Waals surface area contributed by atoms with Crippen LogP contribution in [0.4, 0.5) is 20.5 Å². The highest BCUT2D eigenvalue weighted by Crippen LogP contribution is 2.29. The molecule has 1 aromatic heterocycles. The van der Waals surface area contributed by atoms with Crippen molar-refractivity contribution in [3.63, 3.8) is 0 Å². The van der Waals surface area contributed by atoms with Gasteiger partial charge in [0.05, 0.1) is 18.8 Å². The van der Waals surface area contributed by atoms with E-state index in [4.69, 9.17) is 9.15 Å². The fourth-order valence-corrected chi connectivity index (χ4v) is 2.02. The van der Waals surface area contributed by atoms with E-state index >= 15 is 0 Å². The van der Waals surface area contributed by atoms with Crippen LogP contribution in [0.25, 0.3) is 0 Å². The zero-order valence-electron chi connectivity index (χ0n) is 11.1.